The van der Waals surface area contributed by atoms with E-state index in [4.69, 9.17) is 9.47 Å². The van der Waals surface area contributed by atoms with Gasteiger partial charge in [-0.1, -0.05) is 24.3 Å². The smallest absolute Gasteiger partial charge is 0.262 e. The van der Waals surface area contributed by atoms with Gasteiger partial charge in [0.15, 0.2) is 6.61 Å². The van der Waals surface area contributed by atoms with Crippen molar-refractivity contribution >= 4 is 23.2 Å². The highest BCUT2D eigenvalue weighted by molar-refractivity contribution is 6.05. The Balaban J connectivity index is 1.55. The molecule has 0 spiro atoms. The second-order valence-electron chi connectivity index (χ2n) is 6.22. The quantitative estimate of drug-likeness (QED) is 0.576. The summed E-state index contributed by atoms with van der Waals surface area (Å²) in [5, 5.41) is 5.25. The topological polar surface area (TPSA) is 76.7 Å². The highest BCUT2D eigenvalue weighted by atomic mass is 19.1. The summed E-state index contributed by atoms with van der Waals surface area (Å²) in [6.45, 7) is 2.07. The van der Waals surface area contributed by atoms with Crippen LogP contribution in [0.3, 0.4) is 0 Å². The third-order valence-electron chi connectivity index (χ3n) is 4.07. The Bertz CT molecular complexity index is 1020. The zero-order valence-corrected chi connectivity index (χ0v) is 16.4. The van der Waals surface area contributed by atoms with E-state index in [-0.39, 0.29) is 18.2 Å². The molecule has 2 N–H and O–H groups in total. The molecule has 0 bridgehead atoms. The summed E-state index contributed by atoms with van der Waals surface area (Å²) in [5.74, 6) is -0.313. The molecule has 154 valence electrons. The number of para-hydroxylation sites is 3. The van der Waals surface area contributed by atoms with Gasteiger partial charge in [-0.25, -0.2) is 4.39 Å². The predicted octanol–water partition coefficient (Wildman–Crippen LogP) is 4.49. The van der Waals surface area contributed by atoms with E-state index in [1.807, 2.05) is 13.0 Å². The summed E-state index contributed by atoms with van der Waals surface area (Å²) in [4.78, 5) is 24.4. The number of carbonyl (C=O) groups excluding carboxylic acids is 2. The van der Waals surface area contributed by atoms with Gasteiger partial charge in [0, 0.05) is 5.56 Å². The van der Waals surface area contributed by atoms with Crippen LogP contribution in [0.4, 0.5) is 15.8 Å². The normalized spacial score (nSPS) is 10.2. The van der Waals surface area contributed by atoms with Crippen LogP contribution in [0.1, 0.15) is 17.3 Å². The molecule has 0 aliphatic rings. The largest absolute Gasteiger partial charge is 0.492 e. The Morgan fingerprint density at radius 2 is 1.50 bits per heavy atom. The summed E-state index contributed by atoms with van der Waals surface area (Å²) in [6.07, 6.45) is 0. The molecular formula is C23H21FN2O4. The highest BCUT2D eigenvalue weighted by Crippen LogP contribution is 2.24. The van der Waals surface area contributed by atoms with Crippen molar-refractivity contribution in [3.63, 3.8) is 0 Å². The molecule has 30 heavy (non-hydrogen) atoms. The lowest BCUT2D eigenvalue weighted by molar-refractivity contribution is -0.118. The van der Waals surface area contributed by atoms with E-state index in [2.05, 4.69) is 10.6 Å². The van der Waals surface area contributed by atoms with Crippen molar-refractivity contribution in [1.82, 2.24) is 0 Å². The summed E-state index contributed by atoms with van der Waals surface area (Å²) in [6, 6.07) is 19.4. The predicted molar refractivity (Wildman–Crippen MR) is 113 cm³/mol. The van der Waals surface area contributed by atoms with Crippen molar-refractivity contribution in [3.05, 3.63) is 84.2 Å². The van der Waals surface area contributed by atoms with Gasteiger partial charge in [0.05, 0.1) is 18.0 Å². The third kappa shape index (κ3) is 5.57. The maximum atomic E-state index is 13.6. The number of rotatable bonds is 8. The zero-order valence-electron chi connectivity index (χ0n) is 16.4. The van der Waals surface area contributed by atoms with Gasteiger partial charge in [-0.05, 0) is 55.5 Å². The Morgan fingerprint density at radius 3 is 2.20 bits per heavy atom. The molecule has 2 amide bonds. The Morgan fingerprint density at radius 1 is 0.833 bits per heavy atom. The van der Waals surface area contributed by atoms with Gasteiger partial charge in [-0.3, -0.25) is 9.59 Å². The Labute approximate surface area is 173 Å². The van der Waals surface area contributed by atoms with Crippen molar-refractivity contribution < 1.29 is 23.5 Å². The third-order valence-corrected chi connectivity index (χ3v) is 4.07. The fourth-order valence-corrected chi connectivity index (χ4v) is 2.65. The fourth-order valence-electron chi connectivity index (χ4n) is 2.65. The minimum absolute atomic E-state index is 0.0884. The lowest BCUT2D eigenvalue weighted by Crippen LogP contribution is -2.20. The molecule has 3 aromatic rings. The molecule has 6 nitrogen and oxygen atoms in total. The minimum atomic E-state index is -0.521. The Kier molecular flexibility index (Phi) is 7.00. The molecule has 0 fully saturated rings. The van der Waals surface area contributed by atoms with E-state index in [0.717, 1.165) is 0 Å². The average Bonchev–Trinajstić information content (AvgIpc) is 2.76. The second kappa shape index (κ2) is 10.1. The second-order valence-corrected chi connectivity index (χ2v) is 6.22. The first-order chi connectivity index (χ1) is 14.6. The number of hydrogen-bond donors (Lipinski definition) is 2. The molecule has 0 saturated carbocycles. The van der Waals surface area contributed by atoms with Crippen molar-refractivity contribution in [2.75, 3.05) is 23.8 Å². The van der Waals surface area contributed by atoms with Crippen LogP contribution in [-0.4, -0.2) is 25.0 Å². The molecule has 0 aliphatic heterocycles. The molecule has 0 saturated heterocycles. The van der Waals surface area contributed by atoms with Gasteiger partial charge in [0.2, 0.25) is 0 Å². The number of carbonyl (C=O) groups is 2. The fraction of sp³-hybridized carbons (Fsp3) is 0.130. The maximum absolute atomic E-state index is 13.6. The lowest BCUT2D eigenvalue weighted by atomic mass is 10.2. The molecule has 3 rings (SSSR count). The van der Waals surface area contributed by atoms with Crippen molar-refractivity contribution in [1.29, 1.82) is 0 Å². The van der Waals surface area contributed by atoms with Gasteiger partial charge in [0.25, 0.3) is 11.8 Å². The van der Waals surface area contributed by atoms with Crippen molar-refractivity contribution in [2.24, 2.45) is 0 Å². The number of benzene rings is 3. The van der Waals surface area contributed by atoms with Crippen LogP contribution < -0.4 is 20.1 Å². The van der Waals surface area contributed by atoms with Gasteiger partial charge in [-0.2, -0.15) is 0 Å². The first-order valence-electron chi connectivity index (χ1n) is 9.37. The first kappa shape index (κ1) is 20.9. The van der Waals surface area contributed by atoms with E-state index >= 15 is 0 Å². The number of amides is 2. The maximum Gasteiger partial charge on any atom is 0.262 e. The van der Waals surface area contributed by atoms with E-state index in [1.165, 1.54) is 18.2 Å². The van der Waals surface area contributed by atoms with Crippen LogP contribution in [0.2, 0.25) is 0 Å². The monoisotopic (exact) mass is 408 g/mol. The van der Waals surface area contributed by atoms with Crippen molar-refractivity contribution in [2.45, 2.75) is 6.92 Å². The molecule has 0 atom stereocenters. The molecule has 0 aromatic heterocycles. The van der Waals surface area contributed by atoms with E-state index in [0.29, 0.717) is 29.4 Å². The first-order valence-corrected chi connectivity index (χ1v) is 9.37. The summed E-state index contributed by atoms with van der Waals surface area (Å²) < 4.78 is 24.5. The van der Waals surface area contributed by atoms with Gasteiger partial charge in [-0.15, -0.1) is 0 Å². The lowest BCUT2D eigenvalue weighted by Gasteiger charge is -2.12. The number of ether oxygens (including phenoxy) is 2. The number of halogens is 1. The Hall–Kier alpha value is -3.87. The van der Waals surface area contributed by atoms with Crippen LogP contribution in [0.15, 0.2) is 72.8 Å². The SMILES string of the molecule is CCOc1ccccc1NC(=O)c1ccc(OCC(=O)Nc2ccccc2F)cc1. The average molecular weight is 408 g/mol. The number of nitrogens with one attached hydrogen (secondary N) is 2. The van der Waals surface area contributed by atoms with Crippen LogP contribution in [0.25, 0.3) is 0 Å². The van der Waals surface area contributed by atoms with Gasteiger partial charge < -0.3 is 20.1 Å². The van der Waals surface area contributed by atoms with Gasteiger partial charge in [0.1, 0.15) is 17.3 Å². The molecule has 0 aliphatic carbocycles. The molecule has 0 heterocycles. The minimum Gasteiger partial charge on any atom is -0.492 e. The van der Waals surface area contributed by atoms with Crippen LogP contribution in [0.5, 0.6) is 11.5 Å². The molecule has 7 heteroatoms. The van der Waals surface area contributed by atoms with Crippen LogP contribution >= 0.6 is 0 Å². The summed E-state index contributed by atoms with van der Waals surface area (Å²) in [5.41, 5.74) is 1.09. The van der Waals surface area contributed by atoms with E-state index in [9.17, 15) is 14.0 Å². The molecule has 3 aromatic carbocycles. The molecular weight excluding hydrogens is 387 g/mol. The van der Waals surface area contributed by atoms with Gasteiger partial charge >= 0.3 is 0 Å². The van der Waals surface area contributed by atoms with E-state index < -0.39 is 11.7 Å². The standard InChI is InChI=1S/C23H21FN2O4/c1-2-29-21-10-6-5-9-20(21)26-23(28)16-11-13-17(14-12-16)30-15-22(27)25-19-8-4-3-7-18(19)24/h3-14H,2,15H2,1H3,(H,25,27)(H,26,28). The zero-order chi connectivity index (χ0) is 21.3. The summed E-state index contributed by atoms with van der Waals surface area (Å²) >= 11 is 0. The molecule has 0 unspecified atom stereocenters. The van der Waals surface area contributed by atoms with Crippen molar-refractivity contribution in [3.8, 4) is 11.5 Å². The van der Waals surface area contributed by atoms with Crippen LogP contribution in [-0.2, 0) is 4.79 Å². The number of hydrogen-bond acceptors (Lipinski definition) is 4. The number of anilines is 2. The summed E-state index contributed by atoms with van der Waals surface area (Å²) in [7, 11) is 0. The van der Waals surface area contributed by atoms with Crippen LogP contribution in [0, 0.1) is 5.82 Å². The van der Waals surface area contributed by atoms with E-state index in [1.54, 1.807) is 48.5 Å². The molecule has 0 radical (unpaired) electrons. The highest BCUT2D eigenvalue weighted by Gasteiger charge is 2.11.